The molecule has 0 aliphatic heterocycles. The fourth-order valence-corrected chi connectivity index (χ4v) is 3.38. The van der Waals surface area contributed by atoms with E-state index in [2.05, 4.69) is 36.4 Å². The Balaban J connectivity index is 1.87. The Kier molecular flexibility index (Phi) is 4.00. The molecule has 16 heavy (non-hydrogen) atoms. The van der Waals surface area contributed by atoms with Gasteiger partial charge in [-0.05, 0) is 57.1 Å². The van der Waals surface area contributed by atoms with Crippen molar-refractivity contribution in [2.75, 3.05) is 13.6 Å². The van der Waals surface area contributed by atoms with Crippen LogP contribution in [0, 0.1) is 5.92 Å². The van der Waals surface area contributed by atoms with E-state index in [4.69, 9.17) is 5.73 Å². The van der Waals surface area contributed by atoms with Crippen molar-refractivity contribution in [3.05, 3.63) is 22.4 Å². The molecule has 2 nitrogen and oxygen atoms in total. The topological polar surface area (TPSA) is 29.3 Å². The van der Waals surface area contributed by atoms with E-state index in [-0.39, 0.29) is 0 Å². The fourth-order valence-electron chi connectivity index (χ4n) is 2.55. The minimum absolute atomic E-state index is 0.623. The maximum Gasteiger partial charge on any atom is 0.0136 e. The zero-order chi connectivity index (χ0) is 11.5. The van der Waals surface area contributed by atoms with Gasteiger partial charge in [-0.25, -0.2) is 0 Å². The normalized spacial score (nSPS) is 26.8. The van der Waals surface area contributed by atoms with E-state index < -0.39 is 0 Å². The Bertz CT molecular complexity index is 308. The van der Waals surface area contributed by atoms with Gasteiger partial charge >= 0.3 is 0 Å². The van der Waals surface area contributed by atoms with E-state index in [1.807, 2.05) is 11.3 Å². The van der Waals surface area contributed by atoms with E-state index in [9.17, 15) is 0 Å². The van der Waals surface area contributed by atoms with Crippen LogP contribution in [-0.4, -0.2) is 30.6 Å². The first-order chi connectivity index (χ1) is 7.72. The van der Waals surface area contributed by atoms with Crippen LogP contribution in [0.25, 0.3) is 0 Å². The Morgan fingerprint density at radius 3 is 2.88 bits per heavy atom. The summed E-state index contributed by atoms with van der Waals surface area (Å²) in [5.41, 5.74) is 5.77. The lowest BCUT2D eigenvalue weighted by Crippen LogP contribution is -2.51. The molecule has 0 aromatic carbocycles. The minimum atomic E-state index is 0.623. The van der Waals surface area contributed by atoms with Crippen molar-refractivity contribution >= 4 is 11.3 Å². The molecule has 90 valence electrons. The van der Waals surface area contributed by atoms with Crippen LogP contribution in [0.5, 0.6) is 0 Å². The van der Waals surface area contributed by atoms with Crippen molar-refractivity contribution in [1.82, 2.24) is 4.90 Å². The molecule has 1 aromatic rings. The zero-order valence-electron chi connectivity index (χ0n) is 10.2. The number of hydrogen-bond acceptors (Lipinski definition) is 3. The fraction of sp³-hybridized carbons (Fsp3) is 0.692. The summed E-state index contributed by atoms with van der Waals surface area (Å²) in [6, 6.07) is 5.72. The number of likely N-dealkylation sites (N-methyl/N-ethyl adjacent to an activating group) is 1. The van der Waals surface area contributed by atoms with Gasteiger partial charge in [-0.1, -0.05) is 6.07 Å². The molecule has 3 heteroatoms. The highest BCUT2D eigenvalue weighted by molar-refractivity contribution is 7.09. The second-order valence-electron chi connectivity index (χ2n) is 4.94. The lowest BCUT2D eigenvalue weighted by atomic mass is 9.78. The third-order valence-electron chi connectivity index (χ3n) is 3.98. The van der Waals surface area contributed by atoms with Gasteiger partial charge in [-0.15, -0.1) is 11.3 Å². The summed E-state index contributed by atoms with van der Waals surface area (Å²) in [6.07, 6.45) is 3.81. The number of nitrogens with two attached hydrogens (primary N) is 1. The zero-order valence-corrected chi connectivity index (χ0v) is 11.0. The van der Waals surface area contributed by atoms with Crippen molar-refractivity contribution in [3.8, 4) is 0 Å². The molecule has 0 bridgehead atoms. The van der Waals surface area contributed by atoms with Gasteiger partial charge in [-0.2, -0.15) is 0 Å². The number of hydrogen-bond donors (Lipinski definition) is 1. The largest absolute Gasteiger partial charge is 0.330 e. The molecule has 3 atom stereocenters. The molecule has 1 heterocycles. The Morgan fingerprint density at radius 2 is 2.38 bits per heavy atom. The molecule has 1 aliphatic rings. The Hall–Kier alpha value is -0.380. The summed E-state index contributed by atoms with van der Waals surface area (Å²) < 4.78 is 0. The van der Waals surface area contributed by atoms with Crippen LogP contribution in [0.3, 0.4) is 0 Å². The average molecular weight is 238 g/mol. The van der Waals surface area contributed by atoms with Crippen LogP contribution in [0.15, 0.2) is 17.5 Å². The minimum Gasteiger partial charge on any atom is -0.330 e. The maximum absolute atomic E-state index is 5.77. The van der Waals surface area contributed by atoms with Gasteiger partial charge < -0.3 is 10.6 Å². The van der Waals surface area contributed by atoms with E-state index in [0.29, 0.717) is 6.04 Å². The van der Waals surface area contributed by atoms with E-state index >= 15 is 0 Å². The number of thiophene rings is 1. The summed E-state index contributed by atoms with van der Waals surface area (Å²) in [5, 5.41) is 2.16. The van der Waals surface area contributed by atoms with Crippen LogP contribution in [0.4, 0.5) is 0 Å². The van der Waals surface area contributed by atoms with E-state index in [1.54, 1.807) is 0 Å². The first kappa shape index (κ1) is 12.1. The number of rotatable bonds is 5. The van der Waals surface area contributed by atoms with Crippen LogP contribution < -0.4 is 5.73 Å². The van der Waals surface area contributed by atoms with Gasteiger partial charge in [0, 0.05) is 17.0 Å². The average Bonchev–Trinajstić information content (AvgIpc) is 2.69. The molecule has 0 saturated heterocycles. The molecule has 2 rings (SSSR count). The van der Waals surface area contributed by atoms with Crippen molar-refractivity contribution in [3.63, 3.8) is 0 Å². The summed E-state index contributed by atoms with van der Waals surface area (Å²) in [6.45, 7) is 3.17. The second kappa shape index (κ2) is 5.30. The highest BCUT2D eigenvalue weighted by Crippen LogP contribution is 2.32. The molecule has 0 radical (unpaired) electrons. The van der Waals surface area contributed by atoms with Crippen molar-refractivity contribution < 1.29 is 0 Å². The monoisotopic (exact) mass is 238 g/mol. The summed E-state index contributed by atoms with van der Waals surface area (Å²) in [4.78, 5) is 4.02. The molecular weight excluding hydrogens is 216 g/mol. The van der Waals surface area contributed by atoms with Gasteiger partial charge in [0.15, 0.2) is 0 Å². The molecule has 0 amide bonds. The van der Waals surface area contributed by atoms with Gasteiger partial charge in [0.25, 0.3) is 0 Å². The highest BCUT2D eigenvalue weighted by atomic mass is 32.1. The molecule has 2 N–H and O–H groups in total. The third kappa shape index (κ3) is 2.47. The van der Waals surface area contributed by atoms with E-state index in [0.717, 1.165) is 18.5 Å². The van der Waals surface area contributed by atoms with Crippen LogP contribution >= 0.6 is 11.3 Å². The molecular formula is C13H22N2S. The third-order valence-corrected chi connectivity index (χ3v) is 4.87. The molecule has 0 spiro atoms. The molecule has 1 saturated carbocycles. The summed E-state index contributed by atoms with van der Waals surface area (Å²) in [7, 11) is 2.25. The van der Waals surface area contributed by atoms with Gasteiger partial charge in [-0.3, -0.25) is 0 Å². The lowest BCUT2D eigenvalue weighted by molar-refractivity contribution is 0.0602. The first-order valence-electron chi connectivity index (χ1n) is 6.16. The van der Waals surface area contributed by atoms with Gasteiger partial charge in [0.1, 0.15) is 0 Å². The van der Waals surface area contributed by atoms with E-state index in [1.165, 1.54) is 24.1 Å². The van der Waals surface area contributed by atoms with Crippen LogP contribution in [-0.2, 0) is 6.42 Å². The molecule has 1 aliphatic carbocycles. The van der Waals surface area contributed by atoms with Gasteiger partial charge in [0.05, 0.1) is 0 Å². The van der Waals surface area contributed by atoms with Crippen molar-refractivity contribution in [1.29, 1.82) is 0 Å². The number of nitrogens with zero attached hydrogens (tertiary/aromatic N) is 1. The molecule has 1 fully saturated rings. The van der Waals surface area contributed by atoms with Crippen LogP contribution in [0.1, 0.15) is 24.6 Å². The predicted molar refractivity (Wildman–Crippen MR) is 70.8 cm³/mol. The van der Waals surface area contributed by atoms with Gasteiger partial charge in [0.2, 0.25) is 0 Å². The van der Waals surface area contributed by atoms with Crippen LogP contribution in [0.2, 0.25) is 0 Å². The lowest BCUT2D eigenvalue weighted by Gasteiger charge is -2.45. The van der Waals surface area contributed by atoms with Crippen molar-refractivity contribution in [2.24, 2.45) is 11.7 Å². The second-order valence-corrected chi connectivity index (χ2v) is 5.97. The summed E-state index contributed by atoms with van der Waals surface area (Å²) >= 11 is 1.86. The Labute approximate surface area is 102 Å². The molecule has 3 unspecified atom stereocenters. The first-order valence-corrected chi connectivity index (χ1v) is 7.04. The predicted octanol–water partition coefficient (Wildman–Crippen LogP) is 2.35. The smallest absolute Gasteiger partial charge is 0.0136 e. The standard InChI is InChI=1S/C13H22N2S/c1-10(8-12-4-3-7-16-12)15(2)13-6-5-11(13)9-14/h3-4,7,10-11,13H,5-6,8-9,14H2,1-2H3. The quantitative estimate of drug-likeness (QED) is 0.853. The summed E-state index contributed by atoms with van der Waals surface area (Å²) in [5.74, 6) is 0.732. The Morgan fingerprint density at radius 1 is 1.56 bits per heavy atom. The maximum atomic E-state index is 5.77. The molecule has 1 aromatic heterocycles. The highest BCUT2D eigenvalue weighted by Gasteiger charge is 2.34. The SMILES string of the molecule is CC(Cc1cccs1)N(C)C1CCC1CN. The van der Waals surface area contributed by atoms with Crippen molar-refractivity contribution in [2.45, 2.75) is 38.3 Å².